The van der Waals surface area contributed by atoms with E-state index in [2.05, 4.69) is 15.7 Å². The maximum atomic E-state index is 12.9. The average molecular weight is 377 g/mol. The van der Waals surface area contributed by atoms with Gasteiger partial charge in [0.05, 0.1) is 6.42 Å². The summed E-state index contributed by atoms with van der Waals surface area (Å²) in [6.45, 7) is 4.15. The van der Waals surface area contributed by atoms with Crippen molar-refractivity contribution < 1.29 is 19.5 Å². The molecule has 0 bridgehead atoms. The molecule has 1 aromatic rings. The highest BCUT2D eigenvalue weighted by molar-refractivity contribution is 5.98. The van der Waals surface area contributed by atoms with E-state index >= 15 is 0 Å². The largest absolute Gasteiger partial charge is 0.481 e. The SMILES string of the molecule is O=C(O)CCNC(=O)c1cc2n(n1)CCCN(CCC1CCNCC1)C2=O. The number of aliphatic carboxylic acids is 1. The molecular formula is C18H27N5O4. The van der Waals surface area contributed by atoms with Crippen molar-refractivity contribution in [1.29, 1.82) is 0 Å². The van der Waals surface area contributed by atoms with E-state index in [4.69, 9.17) is 5.11 Å². The molecule has 2 amide bonds. The van der Waals surface area contributed by atoms with Crippen LogP contribution < -0.4 is 10.6 Å². The van der Waals surface area contributed by atoms with Gasteiger partial charge in [0.2, 0.25) is 0 Å². The number of carboxylic acids is 1. The molecule has 0 saturated carbocycles. The Hall–Kier alpha value is -2.42. The lowest BCUT2D eigenvalue weighted by Gasteiger charge is -2.26. The van der Waals surface area contributed by atoms with Crippen LogP contribution in [0, 0.1) is 5.92 Å². The number of aromatic nitrogens is 2. The number of hydrogen-bond donors (Lipinski definition) is 3. The van der Waals surface area contributed by atoms with Crippen LogP contribution in [-0.4, -0.2) is 70.3 Å². The number of aryl methyl sites for hydroxylation is 1. The van der Waals surface area contributed by atoms with Crippen LogP contribution >= 0.6 is 0 Å². The number of carboxylic acid groups (broad SMARTS) is 1. The zero-order valence-electron chi connectivity index (χ0n) is 15.4. The summed E-state index contributed by atoms with van der Waals surface area (Å²) >= 11 is 0. The number of amides is 2. The summed E-state index contributed by atoms with van der Waals surface area (Å²) in [6.07, 6.45) is 3.96. The van der Waals surface area contributed by atoms with E-state index in [0.717, 1.165) is 45.3 Å². The Morgan fingerprint density at radius 2 is 2.07 bits per heavy atom. The van der Waals surface area contributed by atoms with Gasteiger partial charge in [-0.25, -0.2) is 0 Å². The van der Waals surface area contributed by atoms with Crippen LogP contribution in [0.25, 0.3) is 0 Å². The summed E-state index contributed by atoms with van der Waals surface area (Å²) in [5.74, 6) is -0.859. The Morgan fingerprint density at radius 3 is 2.81 bits per heavy atom. The maximum absolute atomic E-state index is 12.9. The number of carbonyl (C=O) groups is 3. The van der Waals surface area contributed by atoms with E-state index in [1.165, 1.54) is 6.07 Å². The predicted octanol–water partition coefficient (Wildman–Crippen LogP) is 0.323. The van der Waals surface area contributed by atoms with Crippen molar-refractivity contribution in [3.63, 3.8) is 0 Å². The second kappa shape index (κ2) is 8.98. The lowest BCUT2D eigenvalue weighted by Crippen LogP contribution is -2.35. The predicted molar refractivity (Wildman–Crippen MR) is 97.5 cm³/mol. The van der Waals surface area contributed by atoms with Gasteiger partial charge in [0.25, 0.3) is 11.8 Å². The average Bonchev–Trinajstić information content (AvgIpc) is 3.02. The van der Waals surface area contributed by atoms with Gasteiger partial charge in [0, 0.05) is 32.2 Å². The minimum absolute atomic E-state index is 0.0344. The monoisotopic (exact) mass is 377 g/mol. The van der Waals surface area contributed by atoms with E-state index in [0.29, 0.717) is 24.7 Å². The fraction of sp³-hybridized carbons (Fsp3) is 0.667. The Bertz CT molecular complexity index is 696. The van der Waals surface area contributed by atoms with Crippen LogP contribution in [0.2, 0.25) is 0 Å². The van der Waals surface area contributed by atoms with E-state index in [1.807, 2.05) is 4.90 Å². The molecule has 0 aliphatic carbocycles. The summed E-state index contributed by atoms with van der Waals surface area (Å²) in [5, 5.41) is 18.8. The molecule has 0 atom stereocenters. The van der Waals surface area contributed by atoms with E-state index in [1.54, 1.807) is 4.68 Å². The Kier molecular flexibility index (Phi) is 6.44. The minimum atomic E-state index is -0.976. The van der Waals surface area contributed by atoms with Gasteiger partial charge >= 0.3 is 5.97 Å². The molecule has 0 radical (unpaired) electrons. The molecule has 1 fully saturated rings. The number of hydrogen-bond acceptors (Lipinski definition) is 5. The molecule has 2 aliphatic rings. The maximum Gasteiger partial charge on any atom is 0.305 e. The number of fused-ring (bicyclic) bond motifs is 1. The van der Waals surface area contributed by atoms with Gasteiger partial charge in [-0.3, -0.25) is 19.1 Å². The summed E-state index contributed by atoms with van der Waals surface area (Å²) in [7, 11) is 0. The quantitative estimate of drug-likeness (QED) is 0.630. The second-order valence-corrected chi connectivity index (χ2v) is 7.17. The zero-order valence-corrected chi connectivity index (χ0v) is 15.4. The van der Waals surface area contributed by atoms with Gasteiger partial charge in [-0.15, -0.1) is 0 Å². The first-order valence-corrected chi connectivity index (χ1v) is 9.62. The number of rotatable bonds is 7. The first-order valence-electron chi connectivity index (χ1n) is 9.62. The number of nitrogens with one attached hydrogen (secondary N) is 2. The molecule has 1 saturated heterocycles. The van der Waals surface area contributed by atoms with Crippen LogP contribution in [0.5, 0.6) is 0 Å². The lowest BCUT2D eigenvalue weighted by atomic mass is 9.94. The highest BCUT2D eigenvalue weighted by Crippen LogP contribution is 2.19. The first kappa shape index (κ1) is 19.3. The first-order chi connectivity index (χ1) is 13.0. The molecule has 0 aromatic carbocycles. The third-order valence-corrected chi connectivity index (χ3v) is 5.21. The highest BCUT2D eigenvalue weighted by atomic mass is 16.4. The standard InChI is InChI=1S/C18H27N5O4/c24-16(25)4-8-20-17(26)14-12-15-18(27)22(9-1-10-23(15)21-14)11-5-13-2-6-19-7-3-13/h12-13,19H,1-11H2,(H,20,26)(H,24,25). The number of carbonyl (C=O) groups excluding carboxylic acids is 2. The third-order valence-electron chi connectivity index (χ3n) is 5.21. The lowest BCUT2D eigenvalue weighted by molar-refractivity contribution is -0.136. The molecule has 3 heterocycles. The molecule has 27 heavy (non-hydrogen) atoms. The molecule has 9 nitrogen and oxygen atoms in total. The number of nitrogens with zero attached hydrogens (tertiary/aromatic N) is 3. The van der Waals surface area contributed by atoms with Crippen molar-refractivity contribution in [2.75, 3.05) is 32.7 Å². The molecule has 3 rings (SSSR count). The van der Waals surface area contributed by atoms with E-state index in [-0.39, 0.29) is 24.6 Å². The van der Waals surface area contributed by atoms with Crippen LogP contribution in [0.15, 0.2) is 6.07 Å². The van der Waals surface area contributed by atoms with Crippen molar-refractivity contribution in [2.24, 2.45) is 5.92 Å². The molecular weight excluding hydrogens is 350 g/mol. The van der Waals surface area contributed by atoms with Gasteiger partial charge in [-0.05, 0) is 44.7 Å². The van der Waals surface area contributed by atoms with Crippen molar-refractivity contribution in [1.82, 2.24) is 25.3 Å². The van der Waals surface area contributed by atoms with Gasteiger partial charge in [0.1, 0.15) is 5.69 Å². The smallest absolute Gasteiger partial charge is 0.305 e. The molecule has 148 valence electrons. The molecule has 0 spiro atoms. The fourth-order valence-corrected chi connectivity index (χ4v) is 3.64. The van der Waals surface area contributed by atoms with Gasteiger partial charge in [-0.2, -0.15) is 5.10 Å². The van der Waals surface area contributed by atoms with Gasteiger partial charge in [-0.1, -0.05) is 0 Å². The zero-order chi connectivity index (χ0) is 19.2. The summed E-state index contributed by atoms with van der Waals surface area (Å²) < 4.78 is 1.60. The highest BCUT2D eigenvalue weighted by Gasteiger charge is 2.27. The van der Waals surface area contributed by atoms with Crippen LogP contribution in [0.1, 0.15) is 53.1 Å². The fourth-order valence-electron chi connectivity index (χ4n) is 3.64. The van der Waals surface area contributed by atoms with Gasteiger partial charge in [0.15, 0.2) is 5.69 Å². The summed E-state index contributed by atoms with van der Waals surface area (Å²) in [5.41, 5.74) is 0.588. The van der Waals surface area contributed by atoms with Crippen molar-refractivity contribution in [3.05, 3.63) is 17.5 Å². The molecule has 9 heteroatoms. The minimum Gasteiger partial charge on any atom is -0.481 e. The van der Waals surface area contributed by atoms with Crippen molar-refractivity contribution >= 4 is 17.8 Å². The molecule has 2 aliphatic heterocycles. The van der Waals surface area contributed by atoms with Crippen LogP contribution in [0.4, 0.5) is 0 Å². The normalized spacial score (nSPS) is 18.1. The van der Waals surface area contributed by atoms with E-state index in [9.17, 15) is 14.4 Å². The Morgan fingerprint density at radius 1 is 1.30 bits per heavy atom. The van der Waals surface area contributed by atoms with Crippen LogP contribution in [0.3, 0.4) is 0 Å². The molecule has 1 aromatic heterocycles. The van der Waals surface area contributed by atoms with Crippen molar-refractivity contribution in [2.45, 2.75) is 38.6 Å². The third kappa shape index (κ3) is 5.06. The Balaban J connectivity index is 1.61. The molecule has 3 N–H and O–H groups in total. The molecule has 0 unspecified atom stereocenters. The van der Waals surface area contributed by atoms with Crippen LogP contribution in [-0.2, 0) is 11.3 Å². The Labute approximate surface area is 158 Å². The summed E-state index contributed by atoms with van der Waals surface area (Å²) in [6, 6.07) is 1.52. The second-order valence-electron chi connectivity index (χ2n) is 7.17. The number of piperidine rings is 1. The van der Waals surface area contributed by atoms with E-state index < -0.39 is 11.9 Å². The summed E-state index contributed by atoms with van der Waals surface area (Å²) in [4.78, 5) is 37.4. The van der Waals surface area contributed by atoms with Gasteiger partial charge < -0.3 is 20.6 Å². The van der Waals surface area contributed by atoms with Crippen molar-refractivity contribution in [3.8, 4) is 0 Å². The topological polar surface area (TPSA) is 117 Å².